The Morgan fingerprint density at radius 1 is 1.15 bits per heavy atom. The van der Waals surface area contributed by atoms with Gasteiger partial charge in [-0.1, -0.05) is 55.5 Å². The van der Waals surface area contributed by atoms with E-state index in [2.05, 4.69) is 27.9 Å². The molecule has 26 heavy (non-hydrogen) atoms. The third-order valence-electron chi connectivity index (χ3n) is 4.20. The van der Waals surface area contributed by atoms with Crippen LogP contribution in [0.5, 0.6) is 0 Å². The fraction of sp³-hybridized carbons (Fsp3) is 0.526. The Morgan fingerprint density at radius 3 is 2.08 bits per heavy atom. The Labute approximate surface area is 168 Å². The zero-order valence-electron chi connectivity index (χ0n) is 15.8. The average Bonchev–Trinajstić information content (AvgIpc) is 2.52. The topological polar surface area (TPSA) is 86.7 Å². The molecule has 1 aromatic rings. The summed E-state index contributed by atoms with van der Waals surface area (Å²) in [5.74, 6) is -1.15. The second-order valence-corrected chi connectivity index (χ2v) is 8.85. The first-order valence-electron chi connectivity index (χ1n) is 8.52. The monoisotopic (exact) mass is 474 g/mol. The van der Waals surface area contributed by atoms with Gasteiger partial charge in [-0.05, 0) is 37.6 Å². The van der Waals surface area contributed by atoms with Crippen LogP contribution in [0.2, 0.25) is 0 Å². The molecule has 0 spiro atoms. The van der Waals surface area contributed by atoms with Crippen LogP contribution in [0.15, 0.2) is 24.3 Å². The maximum absolute atomic E-state index is 12.8. The summed E-state index contributed by atoms with van der Waals surface area (Å²) in [6.07, 6.45) is 0. The molecule has 0 fully saturated rings. The Balaban J connectivity index is 2.89. The van der Waals surface area contributed by atoms with Crippen LogP contribution in [-0.4, -0.2) is 50.7 Å². The smallest absolute Gasteiger partial charge is 0.335 e. The Bertz CT molecular complexity index is 643. The van der Waals surface area contributed by atoms with Gasteiger partial charge in [-0.2, -0.15) is 0 Å². The van der Waals surface area contributed by atoms with Gasteiger partial charge < -0.3 is 10.4 Å². The first-order chi connectivity index (χ1) is 12.0. The van der Waals surface area contributed by atoms with Gasteiger partial charge in [0.2, 0.25) is 5.91 Å². The van der Waals surface area contributed by atoms with Crippen molar-refractivity contribution in [2.75, 3.05) is 7.05 Å². The number of nitrogens with zero attached hydrogens (tertiary/aromatic N) is 1. The van der Waals surface area contributed by atoms with Crippen molar-refractivity contribution in [1.29, 1.82) is 0 Å². The minimum atomic E-state index is -0.965. The van der Waals surface area contributed by atoms with Crippen LogP contribution in [0.25, 0.3) is 0 Å². The van der Waals surface area contributed by atoms with E-state index in [0.29, 0.717) is 6.54 Å². The van der Waals surface area contributed by atoms with Crippen molar-refractivity contribution in [3.8, 4) is 0 Å². The van der Waals surface area contributed by atoms with E-state index in [1.165, 1.54) is 6.92 Å². The second-order valence-electron chi connectivity index (χ2n) is 6.88. The molecule has 0 bridgehead atoms. The summed E-state index contributed by atoms with van der Waals surface area (Å²) in [6.45, 7) is 7.80. The van der Waals surface area contributed by atoms with Crippen LogP contribution in [0.1, 0.15) is 43.6 Å². The number of carboxylic acids is 1. The predicted molar refractivity (Wildman–Crippen MR) is 110 cm³/mol. The molecule has 0 radical (unpaired) electrons. The van der Waals surface area contributed by atoms with Gasteiger partial charge in [0.05, 0.1) is 17.6 Å². The number of benzene rings is 1. The Kier molecular flexibility index (Phi) is 8.69. The van der Waals surface area contributed by atoms with Gasteiger partial charge in [-0.25, -0.2) is 4.79 Å². The van der Waals surface area contributed by atoms with Crippen LogP contribution in [0.4, 0.5) is 0 Å². The van der Waals surface area contributed by atoms with Crippen LogP contribution >= 0.6 is 22.6 Å². The minimum absolute atomic E-state index is 0.00395. The van der Waals surface area contributed by atoms with Gasteiger partial charge in [0.15, 0.2) is 5.78 Å². The first kappa shape index (κ1) is 22.6. The lowest BCUT2D eigenvalue weighted by Crippen LogP contribution is -2.54. The van der Waals surface area contributed by atoms with E-state index in [1.807, 2.05) is 32.7 Å². The number of hydrogen-bond acceptors (Lipinski definition) is 4. The average molecular weight is 474 g/mol. The van der Waals surface area contributed by atoms with E-state index >= 15 is 0 Å². The first-order valence-corrected chi connectivity index (χ1v) is 9.76. The molecule has 0 saturated heterocycles. The molecule has 144 valence electrons. The highest BCUT2D eigenvalue weighted by Gasteiger charge is 2.30. The number of nitrogens with one attached hydrogen (secondary N) is 1. The summed E-state index contributed by atoms with van der Waals surface area (Å²) in [6, 6.07) is 5.71. The number of halogens is 1. The van der Waals surface area contributed by atoms with Gasteiger partial charge in [0, 0.05) is 10.5 Å². The van der Waals surface area contributed by atoms with Crippen molar-refractivity contribution in [3.05, 3.63) is 35.4 Å². The van der Waals surface area contributed by atoms with Crippen LogP contribution in [0.3, 0.4) is 0 Å². The van der Waals surface area contributed by atoms with Crippen molar-refractivity contribution in [2.45, 2.75) is 50.2 Å². The van der Waals surface area contributed by atoms with Crippen LogP contribution in [-0.2, 0) is 16.1 Å². The second kappa shape index (κ2) is 10.0. The van der Waals surface area contributed by atoms with Crippen molar-refractivity contribution in [3.63, 3.8) is 0 Å². The lowest BCUT2D eigenvalue weighted by atomic mass is 10.00. The van der Waals surface area contributed by atoms with Crippen molar-refractivity contribution >= 4 is 40.3 Å². The van der Waals surface area contributed by atoms with Crippen molar-refractivity contribution in [2.24, 2.45) is 5.92 Å². The molecule has 3 atom stereocenters. The number of Topliss-reactive ketones (excluding diaryl/α,β-unsaturated/α-hetero) is 1. The number of carboxylic acid groups (broad SMARTS) is 1. The normalized spacial score (nSPS) is 14.8. The highest BCUT2D eigenvalue weighted by Crippen LogP contribution is 2.16. The molecule has 0 aliphatic heterocycles. The van der Waals surface area contributed by atoms with Crippen molar-refractivity contribution < 1.29 is 19.5 Å². The lowest BCUT2D eigenvalue weighted by Gasteiger charge is -2.32. The lowest BCUT2D eigenvalue weighted by molar-refractivity contribution is -0.131. The fourth-order valence-corrected chi connectivity index (χ4v) is 3.62. The molecule has 7 heteroatoms. The van der Waals surface area contributed by atoms with Crippen molar-refractivity contribution in [1.82, 2.24) is 10.2 Å². The Morgan fingerprint density at radius 2 is 1.69 bits per heavy atom. The summed E-state index contributed by atoms with van der Waals surface area (Å²) in [4.78, 5) is 37.4. The van der Waals surface area contributed by atoms with E-state index in [9.17, 15) is 14.4 Å². The van der Waals surface area contributed by atoms with Gasteiger partial charge in [-0.3, -0.25) is 14.5 Å². The number of rotatable bonds is 9. The molecule has 2 N–H and O–H groups in total. The summed E-state index contributed by atoms with van der Waals surface area (Å²) >= 11 is 2.14. The molecule has 1 aromatic carbocycles. The maximum atomic E-state index is 12.8. The summed E-state index contributed by atoms with van der Waals surface area (Å²) in [5, 5.41) is 11.8. The highest BCUT2D eigenvalue weighted by molar-refractivity contribution is 14.1. The maximum Gasteiger partial charge on any atom is 0.335 e. The molecular formula is C19H27IN2O4. The van der Waals surface area contributed by atoms with Gasteiger partial charge >= 0.3 is 5.97 Å². The number of carbonyl (C=O) groups excluding carboxylic acids is 2. The summed E-state index contributed by atoms with van der Waals surface area (Å²) in [7, 11) is 1.85. The van der Waals surface area contributed by atoms with E-state index in [4.69, 9.17) is 5.11 Å². The standard InChI is InChI=1S/C19H27IN2O4/c1-11(2)17(18(24)21-16(12(3)20)13(4)23)22(5)10-14-6-8-15(9-7-14)19(25)26/h6-9,11-12,16-17H,10H2,1-5H3,(H,21,24)(H,25,26)/t12?,16-,17-/m0/s1. The number of carbonyl (C=O) groups is 3. The molecule has 1 rings (SSSR count). The molecule has 0 aliphatic rings. The molecule has 0 aliphatic carbocycles. The number of likely N-dealkylation sites (N-methyl/N-ethyl adjacent to an activating group) is 1. The molecule has 1 amide bonds. The molecule has 6 nitrogen and oxygen atoms in total. The largest absolute Gasteiger partial charge is 0.478 e. The number of hydrogen-bond donors (Lipinski definition) is 2. The highest BCUT2D eigenvalue weighted by atomic mass is 127. The van der Waals surface area contributed by atoms with E-state index in [1.54, 1.807) is 24.3 Å². The summed E-state index contributed by atoms with van der Waals surface area (Å²) in [5.41, 5.74) is 1.15. The molecule has 1 unspecified atom stereocenters. The third-order valence-corrected chi connectivity index (χ3v) is 4.92. The number of aromatic carboxylic acids is 1. The van der Waals surface area contributed by atoms with E-state index in [0.717, 1.165) is 5.56 Å². The molecule has 0 aromatic heterocycles. The molecule has 0 saturated carbocycles. The number of amides is 1. The van der Waals surface area contributed by atoms with Gasteiger partial charge in [0.25, 0.3) is 0 Å². The molecule has 0 heterocycles. The summed E-state index contributed by atoms with van der Waals surface area (Å²) < 4.78 is -0.00395. The van der Waals surface area contributed by atoms with E-state index < -0.39 is 18.1 Å². The number of alkyl halides is 1. The fourth-order valence-electron chi connectivity index (χ4n) is 2.93. The van der Waals surface area contributed by atoms with Crippen LogP contribution in [0, 0.1) is 5.92 Å². The third kappa shape index (κ3) is 6.35. The quantitative estimate of drug-likeness (QED) is 0.425. The van der Waals surface area contributed by atoms with E-state index in [-0.39, 0.29) is 27.1 Å². The Hall–Kier alpha value is -1.48. The SMILES string of the molecule is CC(=O)[C@@H](NC(=O)[C@H](C(C)C)N(C)Cc1ccc(C(=O)O)cc1)C(C)I. The van der Waals surface area contributed by atoms with Gasteiger partial charge in [0.1, 0.15) is 0 Å². The zero-order chi connectivity index (χ0) is 20.0. The van der Waals surface area contributed by atoms with Gasteiger partial charge in [-0.15, -0.1) is 0 Å². The predicted octanol–water partition coefficient (Wildman–Crippen LogP) is 2.74. The molecular weight excluding hydrogens is 447 g/mol. The zero-order valence-corrected chi connectivity index (χ0v) is 18.0. The van der Waals surface area contributed by atoms with Crippen LogP contribution < -0.4 is 5.32 Å². The minimum Gasteiger partial charge on any atom is -0.478 e. The number of ketones is 1.